The minimum atomic E-state index is -4.53. The van der Waals surface area contributed by atoms with Crippen molar-refractivity contribution in [2.45, 2.75) is 6.18 Å². The molecule has 7 heteroatoms. The van der Waals surface area contributed by atoms with Gasteiger partial charge in [-0.05, 0) is 0 Å². The van der Waals surface area contributed by atoms with Gasteiger partial charge >= 0.3 is 12.1 Å². The lowest BCUT2D eigenvalue weighted by Crippen LogP contribution is -2.04. The zero-order chi connectivity index (χ0) is 7.78. The van der Waals surface area contributed by atoms with Gasteiger partial charge in [0.1, 0.15) is 0 Å². The largest absolute Gasteiger partial charge is 0.471 e. The molecule has 0 saturated heterocycles. The first-order chi connectivity index (χ1) is 4.50. The van der Waals surface area contributed by atoms with Crippen molar-refractivity contribution >= 4 is 22.6 Å². The second-order valence-electron chi connectivity index (χ2n) is 1.37. The van der Waals surface area contributed by atoms with E-state index in [0.717, 1.165) is 0 Å². The fraction of sp³-hybridized carbons (Fsp3) is 0.333. The first-order valence-corrected chi connectivity index (χ1v) is 3.14. The van der Waals surface area contributed by atoms with Gasteiger partial charge in [-0.2, -0.15) is 18.2 Å². The summed E-state index contributed by atoms with van der Waals surface area (Å²) in [5, 5.41) is 2.96. The molecule has 0 spiro atoms. The van der Waals surface area contributed by atoms with Gasteiger partial charge in [0, 0.05) is 22.6 Å². The molecule has 1 heterocycles. The number of nitrogens with zero attached hydrogens (tertiary/aromatic N) is 2. The lowest BCUT2D eigenvalue weighted by atomic mass is 10.7. The van der Waals surface area contributed by atoms with Crippen LogP contribution in [0, 0.1) is 3.83 Å². The zero-order valence-corrected chi connectivity index (χ0v) is 6.47. The average Bonchev–Trinajstić information content (AvgIpc) is 2.11. The molecule has 3 nitrogen and oxygen atoms in total. The molecule has 0 bridgehead atoms. The molecular formula is C3F3IN2O. The molecule has 56 valence electrons. The molecule has 0 atom stereocenters. The summed E-state index contributed by atoms with van der Waals surface area (Å²) in [6, 6.07) is 0. The smallest absolute Gasteiger partial charge is 0.328 e. The standard InChI is InChI=1S/C3F3IN2O/c4-3(5,6)1-8-2(7)9-10-1. The Kier molecular flexibility index (Phi) is 1.84. The van der Waals surface area contributed by atoms with Gasteiger partial charge in [-0.15, -0.1) is 0 Å². The van der Waals surface area contributed by atoms with Crippen LogP contribution in [0.1, 0.15) is 5.89 Å². The Labute approximate surface area is 66.7 Å². The topological polar surface area (TPSA) is 38.9 Å². The molecule has 0 radical (unpaired) electrons. The molecule has 1 rings (SSSR count). The summed E-state index contributed by atoms with van der Waals surface area (Å²) in [7, 11) is 0. The normalized spacial score (nSPS) is 12.0. The van der Waals surface area contributed by atoms with Crippen molar-refractivity contribution in [1.29, 1.82) is 0 Å². The van der Waals surface area contributed by atoms with Crippen LogP contribution in [-0.2, 0) is 6.18 Å². The van der Waals surface area contributed by atoms with Gasteiger partial charge in [0.2, 0.25) is 3.83 Å². The van der Waals surface area contributed by atoms with Crippen molar-refractivity contribution in [3.05, 3.63) is 9.72 Å². The highest BCUT2D eigenvalue weighted by Crippen LogP contribution is 2.27. The van der Waals surface area contributed by atoms with Crippen LogP contribution in [0.25, 0.3) is 0 Å². The van der Waals surface area contributed by atoms with Crippen LogP contribution in [0.3, 0.4) is 0 Å². The predicted molar refractivity (Wildman–Crippen MR) is 32.0 cm³/mol. The highest BCUT2D eigenvalue weighted by atomic mass is 127. The maximum absolute atomic E-state index is 11.6. The molecule has 0 aliphatic rings. The van der Waals surface area contributed by atoms with E-state index in [1.165, 1.54) is 22.6 Å². The van der Waals surface area contributed by atoms with Crippen LogP contribution < -0.4 is 0 Å². The van der Waals surface area contributed by atoms with Gasteiger partial charge in [-0.25, -0.2) is 0 Å². The van der Waals surface area contributed by atoms with E-state index in [1.54, 1.807) is 0 Å². The fourth-order valence-electron chi connectivity index (χ4n) is 0.321. The van der Waals surface area contributed by atoms with Gasteiger partial charge in [0.05, 0.1) is 0 Å². The molecule has 0 unspecified atom stereocenters. The minimum absolute atomic E-state index is 0.0510. The van der Waals surface area contributed by atoms with Crippen molar-refractivity contribution in [3.8, 4) is 0 Å². The van der Waals surface area contributed by atoms with Crippen LogP contribution in [0.2, 0.25) is 0 Å². The zero-order valence-electron chi connectivity index (χ0n) is 4.31. The minimum Gasteiger partial charge on any atom is -0.328 e. The monoisotopic (exact) mass is 264 g/mol. The molecule has 0 saturated carbocycles. The number of hydrogen-bond acceptors (Lipinski definition) is 3. The van der Waals surface area contributed by atoms with E-state index in [4.69, 9.17) is 0 Å². The molecule has 10 heavy (non-hydrogen) atoms. The quantitative estimate of drug-likeness (QED) is 0.669. The maximum atomic E-state index is 11.6. The molecule has 0 N–H and O–H groups in total. The first-order valence-electron chi connectivity index (χ1n) is 2.06. The maximum Gasteiger partial charge on any atom is 0.471 e. The van der Waals surface area contributed by atoms with E-state index in [2.05, 4.69) is 14.7 Å². The van der Waals surface area contributed by atoms with Gasteiger partial charge < -0.3 is 4.52 Å². The second-order valence-corrected chi connectivity index (χ2v) is 2.33. The highest BCUT2D eigenvalue weighted by Gasteiger charge is 2.38. The third-order valence-corrected chi connectivity index (χ3v) is 1.08. The van der Waals surface area contributed by atoms with Crippen molar-refractivity contribution in [3.63, 3.8) is 0 Å². The van der Waals surface area contributed by atoms with E-state index in [1.807, 2.05) is 0 Å². The van der Waals surface area contributed by atoms with Gasteiger partial charge in [-0.1, -0.05) is 5.16 Å². The fourth-order valence-corrected chi connectivity index (χ4v) is 0.638. The summed E-state index contributed by atoms with van der Waals surface area (Å²) in [5.41, 5.74) is 0. The van der Waals surface area contributed by atoms with Crippen LogP contribution in [0.4, 0.5) is 13.2 Å². The lowest BCUT2D eigenvalue weighted by Gasteiger charge is -1.95. The Morgan fingerprint density at radius 1 is 1.40 bits per heavy atom. The molecule has 0 fully saturated rings. The van der Waals surface area contributed by atoms with Crippen molar-refractivity contribution < 1.29 is 17.7 Å². The van der Waals surface area contributed by atoms with E-state index in [-0.39, 0.29) is 3.83 Å². The number of aromatic nitrogens is 2. The number of rotatable bonds is 0. The predicted octanol–water partition coefficient (Wildman–Crippen LogP) is 1.69. The van der Waals surface area contributed by atoms with Gasteiger partial charge in [0.25, 0.3) is 0 Å². The summed E-state index contributed by atoms with van der Waals surface area (Å²) < 4.78 is 38.6. The Hall–Kier alpha value is -0.340. The van der Waals surface area contributed by atoms with E-state index >= 15 is 0 Å². The van der Waals surface area contributed by atoms with E-state index in [0.29, 0.717) is 0 Å². The SMILES string of the molecule is FC(F)(F)c1nc(I)no1. The number of hydrogen-bond donors (Lipinski definition) is 0. The Balaban J connectivity index is 2.96. The number of halogens is 4. The van der Waals surface area contributed by atoms with Crippen LogP contribution >= 0.6 is 22.6 Å². The summed E-state index contributed by atoms with van der Waals surface area (Å²) in [6.45, 7) is 0. The van der Waals surface area contributed by atoms with Crippen LogP contribution in [0.5, 0.6) is 0 Å². The van der Waals surface area contributed by atoms with Crippen LogP contribution in [-0.4, -0.2) is 10.1 Å². The first kappa shape index (κ1) is 7.76. The lowest BCUT2D eigenvalue weighted by molar-refractivity contribution is -0.159. The highest BCUT2D eigenvalue weighted by molar-refractivity contribution is 14.1. The molecule has 0 amide bonds. The van der Waals surface area contributed by atoms with E-state index in [9.17, 15) is 13.2 Å². The Morgan fingerprint density at radius 3 is 2.20 bits per heavy atom. The van der Waals surface area contributed by atoms with Gasteiger partial charge in [-0.3, -0.25) is 0 Å². The third kappa shape index (κ3) is 1.58. The van der Waals surface area contributed by atoms with Crippen molar-refractivity contribution in [2.24, 2.45) is 0 Å². The molecular weight excluding hydrogens is 264 g/mol. The second kappa shape index (κ2) is 2.36. The van der Waals surface area contributed by atoms with Crippen LogP contribution in [0.15, 0.2) is 4.52 Å². The molecule has 0 aliphatic heterocycles. The summed E-state index contributed by atoms with van der Waals surface area (Å²) in [4.78, 5) is 2.97. The van der Waals surface area contributed by atoms with Gasteiger partial charge in [0.15, 0.2) is 0 Å². The molecule has 0 aliphatic carbocycles. The Bertz CT molecular complexity index is 232. The molecule has 1 aromatic rings. The molecule has 1 aromatic heterocycles. The summed E-state index contributed by atoms with van der Waals surface area (Å²) >= 11 is 1.52. The Morgan fingerprint density at radius 2 is 2.00 bits per heavy atom. The number of alkyl halides is 3. The van der Waals surface area contributed by atoms with Crippen molar-refractivity contribution in [1.82, 2.24) is 10.1 Å². The van der Waals surface area contributed by atoms with Crippen molar-refractivity contribution in [2.75, 3.05) is 0 Å². The van der Waals surface area contributed by atoms with E-state index < -0.39 is 12.1 Å². The average molecular weight is 264 g/mol. The summed E-state index contributed by atoms with van der Waals surface area (Å²) in [6.07, 6.45) is -4.53. The molecule has 0 aromatic carbocycles. The third-order valence-electron chi connectivity index (χ3n) is 0.644. The summed E-state index contributed by atoms with van der Waals surface area (Å²) in [5.74, 6) is -1.31.